The molecule has 2 aromatic heterocycles. The Bertz CT molecular complexity index is 804. The van der Waals surface area contributed by atoms with Crippen LogP contribution in [-0.4, -0.2) is 53.0 Å². The van der Waals surface area contributed by atoms with E-state index in [-0.39, 0.29) is 23.3 Å². The highest BCUT2D eigenvalue weighted by atomic mass is 32.1. The molecular weight excluding hydrogens is 346 g/mol. The molecule has 0 bridgehead atoms. The fourth-order valence-corrected chi connectivity index (χ4v) is 4.95. The predicted octanol–water partition coefficient (Wildman–Crippen LogP) is 2.49. The van der Waals surface area contributed by atoms with Gasteiger partial charge in [0.1, 0.15) is 17.0 Å². The van der Waals surface area contributed by atoms with E-state index in [0.717, 1.165) is 61.5 Å². The van der Waals surface area contributed by atoms with Crippen molar-refractivity contribution >= 4 is 33.3 Å². The zero-order chi connectivity index (χ0) is 18.3. The maximum absolute atomic E-state index is 13.2. The monoisotopic (exact) mass is 373 g/mol. The van der Waals surface area contributed by atoms with Gasteiger partial charge in [-0.2, -0.15) is 0 Å². The summed E-state index contributed by atoms with van der Waals surface area (Å²) in [5, 5.41) is 3.14. The molecule has 0 aliphatic carbocycles. The van der Waals surface area contributed by atoms with Crippen molar-refractivity contribution in [1.29, 1.82) is 0 Å². The summed E-state index contributed by atoms with van der Waals surface area (Å²) >= 11 is 1.63. The lowest BCUT2D eigenvalue weighted by Gasteiger charge is -2.44. The lowest BCUT2D eigenvalue weighted by Crippen LogP contribution is -2.56. The molecular formula is C19H27N5OS. The van der Waals surface area contributed by atoms with Crippen LogP contribution in [0.5, 0.6) is 0 Å². The highest BCUT2D eigenvalue weighted by Gasteiger charge is 2.38. The molecule has 0 spiro atoms. The number of rotatable bonds is 2. The smallest absolute Gasteiger partial charge is 0.227 e. The van der Waals surface area contributed by atoms with Gasteiger partial charge in [0.2, 0.25) is 5.91 Å². The molecule has 2 fully saturated rings. The van der Waals surface area contributed by atoms with Crippen LogP contribution in [0.3, 0.4) is 0 Å². The standard InChI is InChI=1S/C19H27N5OS/c1-19(2)11-24(8-5-15(19)20)18(25)13-4-3-7-23(10-13)16-14-6-9-26-17(14)22-12-21-16/h6,9,12-13,15H,3-5,7-8,10-11,20H2,1-2H3. The number of hydrogen-bond donors (Lipinski definition) is 1. The van der Waals surface area contributed by atoms with Gasteiger partial charge in [0.25, 0.3) is 0 Å². The third-order valence-electron chi connectivity index (χ3n) is 5.93. The number of thiophene rings is 1. The summed E-state index contributed by atoms with van der Waals surface area (Å²) in [5.74, 6) is 1.29. The van der Waals surface area contributed by atoms with Crippen molar-refractivity contribution in [1.82, 2.24) is 14.9 Å². The van der Waals surface area contributed by atoms with Crippen molar-refractivity contribution in [3.63, 3.8) is 0 Å². The first-order chi connectivity index (χ1) is 12.5. The van der Waals surface area contributed by atoms with Crippen molar-refractivity contribution in [3.8, 4) is 0 Å². The molecule has 6 nitrogen and oxygen atoms in total. The average molecular weight is 374 g/mol. The van der Waals surface area contributed by atoms with E-state index in [1.165, 1.54) is 0 Å². The van der Waals surface area contributed by atoms with Crippen molar-refractivity contribution < 1.29 is 4.79 Å². The first kappa shape index (κ1) is 17.7. The Morgan fingerprint density at radius 1 is 1.31 bits per heavy atom. The van der Waals surface area contributed by atoms with Gasteiger partial charge in [0.15, 0.2) is 0 Å². The van der Waals surface area contributed by atoms with Gasteiger partial charge in [-0.3, -0.25) is 4.79 Å². The van der Waals surface area contributed by atoms with Crippen molar-refractivity contribution in [3.05, 3.63) is 17.8 Å². The Balaban J connectivity index is 1.50. The molecule has 0 radical (unpaired) electrons. The summed E-state index contributed by atoms with van der Waals surface area (Å²) in [7, 11) is 0. The lowest BCUT2D eigenvalue weighted by atomic mass is 9.79. The number of carbonyl (C=O) groups excluding carboxylic acids is 1. The van der Waals surface area contributed by atoms with Gasteiger partial charge in [0.05, 0.1) is 11.3 Å². The fraction of sp³-hybridized carbons (Fsp3) is 0.632. The minimum atomic E-state index is -0.0161. The van der Waals surface area contributed by atoms with Crippen LogP contribution < -0.4 is 10.6 Å². The number of aromatic nitrogens is 2. The molecule has 4 heterocycles. The predicted molar refractivity (Wildman–Crippen MR) is 105 cm³/mol. The molecule has 1 amide bonds. The van der Waals surface area contributed by atoms with Crippen LogP contribution in [0.4, 0.5) is 5.82 Å². The van der Waals surface area contributed by atoms with Gasteiger partial charge in [-0.05, 0) is 36.1 Å². The van der Waals surface area contributed by atoms with Gasteiger partial charge < -0.3 is 15.5 Å². The Hall–Kier alpha value is -1.73. The van der Waals surface area contributed by atoms with E-state index in [4.69, 9.17) is 5.73 Å². The van der Waals surface area contributed by atoms with Crippen LogP contribution in [0.2, 0.25) is 0 Å². The van der Waals surface area contributed by atoms with Crippen LogP contribution in [0, 0.1) is 11.3 Å². The molecule has 4 rings (SSSR count). The van der Waals surface area contributed by atoms with Crippen molar-refractivity contribution in [2.24, 2.45) is 17.1 Å². The summed E-state index contributed by atoms with van der Waals surface area (Å²) in [6.07, 6.45) is 4.49. The molecule has 26 heavy (non-hydrogen) atoms. The number of hydrogen-bond acceptors (Lipinski definition) is 6. The van der Waals surface area contributed by atoms with E-state index >= 15 is 0 Å². The summed E-state index contributed by atoms with van der Waals surface area (Å²) in [6.45, 7) is 7.55. The zero-order valence-electron chi connectivity index (χ0n) is 15.5. The van der Waals surface area contributed by atoms with E-state index in [2.05, 4.69) is 40.2 Å². The molecule has 2 unspecified atom stereocenters. The number of nitrogens with zero attached hydrogens (tertiary/aromatic N) is 4. The number of amides is 1. The number of nitrogens with two attached hydrogens (primary N) is 1. The second kappa shape index (κ2) is 6.78. The second-order valence-electron chi connectivity index (χ2n) is 8.27. The molecule has 0 saturated carbocycles. The van der Waals surface area contributed by atoms with Crippen LogP contribution in [-0.2, 0) is 4.79 Å². The van der Waals surface area contributed by atoms with Crippen LogP contribution in [0.1, 0.15) is 33.1 Å². The molecule has 7 heteroatoms. The lowest BCUT2D eigenvalue weighted by molar-refractivity contribution is -0.139. The van der Waals surface area contributed by atoms with E-state index in [1.54, 1.807) is 17.7 Å². The number of fused-ring (bicyclic) bond motifs is 1. The van der Waals surface area contributed by atoms with Gasteiger partial charge in [0, 0.05) is 32.2 Å². The van der Waals surface area contributed by atoms with Crippen molar-refractivity contribution in [2.75, 3.05) is 31.1 Å². The quantitative estimate of drug-likeness (QED) is 0.875. The Morgan fingerprint density at radius 3 is 2.96 bits per heavy atom. The topological polar surface area (TPSA) is 75.4 Å². The molecule has 2 saturated heterocycles. The fourth-order valence-electron chi connectivity index (χ4n) is 4.22. The van der Waals surface area contributed by atoms with E-state index in [0.29, 0.717) is 0 Å². The Morgan fingerprint density at radius 2 is 2.15 bits per heavy atom. The molecule has 2 atom stereocenters. The zero-order valence-corrected chi connectivity index (χ0v) is 16.3. The number of carbonyl (C=O) groups is 1. The summed E-state index contributed by atoms with van der Waals surface area (Å²) < 4.78 is 0. The summed E-state index contributed by atoms with van der Waals surface area (Å²) in [6, 6.07) is 2.25. The largest absolute Gasteiger partial charge is 0.355 e. The van der Waals surface area contributed by atoms with Crippen molar-refractivity contribution in [2.45, 2.75) is 39.2 Å². The number of likely N-dealkylation sites (tertiary alicyclic amines) is 1. The van der Waals surface area contributed by atoms with Gasteiger partial charge in [-0.1, -0.05) is 13.8 Å². The maximum Gasteiger partial charge on any atom is 0.227 e. The van der Waals surface area contributed by atoms with Gasteiger partial charge >= 0.3 is 0 Å². The maximum atomic E-state index is 13.2. The Kier molecular flexibility index (Phi) is 4.61. The molecule has 2 aromatic rings. The van der Waals surface area contributed by atoms with Crippen LogP contribution in [0.15, 0.2) is 17.8 Å². The first-order valence-electron chi connectivity index (χ1n) is 9.43. The minimum Gasteiger partial charge on any atom is -0.355 e. The average Bonchev–Trinajstić information content (AvgIpc) is 3.12. The highest BCUT2D eigenvalue weighted by Crippen LogP contribution is 2.32. The van der Waals surface area contributed by atoms with Crippen LogP contribution in [0.25, 0.3) is 10.2 Å². The van der Waals surface area contributed by atoms with E-state index in [1.807, 2.05) is 4.90 Å². The SMILES string of the molecule is CC1(C)CN(C(=O)C2CCCN(c3ncnc4sccc34)C2)CCC1N. The minimum absolute atomic E-state index is 0.0161. The second-order valence-corrected chi connectivity index (χ2v) is 9.16. The first-order valence-corrected chi connectivity index (χ1v) is 10.3. The van der Waals surface area contributed by atoms with Gasteiger partial charge in [-0.15, -0.1) is 11.3 Å². The normalized spacial score (nSPS) is 26.3. The third kappa shape index (κ3) is 3.18. The highest BCUT2D eigenvalue weighted by molar-refractivity contribution is 7.16. The molecule has 2 aliphatic heterocycles. The molecule has 0 aromatic carbocycles. The summed E-state index contributed by atoms with van der Waals surface area (Å²) in [4.78, 5) is 27.3. The summed E-state index contributed by atoms with van der Waals surface area (Å²) in [5.41, 5.74) is 6.22. The van der Waals surface area contributed by atoms with Gasteiger partial charge in [-0.25, -0.2) is 9.97 Å². The van der Waals surface area contributed by atoms with E-state index < -0.39 is 0 Å². The number of anilines is 1. The molecule has 2 N–H and O–H groups in total. The van der Waals surface area contributed by atoms with E-state index in [9.17, 15) is 4.79 Å². The third-order valence-corrected chi connectivity index (χ3v) is 6.76. The molecule has 140 valence electrons. The number of piperidine rings is 2. The van der Waals surface area contributed by atoms with Crippen LogP contribution >= 0.6 is 11.3 Å². The molecule has 2 aliphatic rings. The Labute approximate surface area is 158 Å².